The SMILES string of the molecule is CC12CN(CCCCCCBr)CC(C)(O1)c1c2c(O)n(-c2ccc(C#N)c(C(F)(F)F)c2)c1O. The van der Waals surface area contributed by atoms with Crippen LogP contribution in [0.5, 0.6) is 11.8 Å². The second-order valence-electron chi connectivity index (χ2n) is 9.45. The van der Waals surface area contributed by atoms with Gasteiger partial charge in [-0.05, 0) is 51.4 Å². The number of benzene rings is 1. The largest absolute Gasteiger partial charge is 0.494 e. The fourth-order valence-corrected chi connectivity index (χ4v) is 5.87. The number of hydrogen-bond acceptors (Lipinski definition) is 5. The molecule has 0 spiro atoms. The number of ether oxygens (including phenoxy) is 1. The van der Waals surface area contributed by atoms with E-state index in [0.717, 1.165) is 54.3 Å². The highest BCUT2D eigenvalue weighted by atomic mass is 79.9. The van der Waals surface area contributed by atoms with Gasteiger partial charge in [0.15, 0.2) is 0 Å². The molecule has 1 aromatic carbocycles. The molecule has 2 aliphatic rings. The lowest BCUT2D eigenvalue weighted by Gasteiger charge is -2.44. The highest BCUT2D eigenvalue weighted by Crippen LogP contribution is 2.59. The summed E-state index contributed by atoms with van der Waals surface area (Å²) in [5.41, 5.74) is -2.79. The molecule has 0 amide bonds. The van der Waals surface area contributed by atoms with Crippen molar-refractivity contribution in [2.45, 2.75) is 56.9 Å². The van der Waals surface area contributed by atoms with Gasteiger partial charge in [-0.3, -0.25) is 9.47 Å². The van der Waals surface area contributed by atoms with Crippen LogP contribution in [0.15, 0.2) is 18.2 Å². The van der Waals surface area contributed by atoms with Gasteiger partial charge in [-0.2, -0.15) is 18.4 Å². The summed E-state index contributed by atoms with van der Waals surface area (Å²) in [5.74, 6) is -0.702. The van der Waals surface area contributed by atoms with Gasteiger partial charge >= 0.3 is 6.18 Å². The van der Waals surface area contributed by atoms with Crippen LogP contribution in [-0.4, -0.2) is 44.6 Å². The maximum Gasteiger partial charge on any atom is 0.417 e. The van der Waals surface area contributed by atoms with E-state index in [1.807, 2.05) is 13.8 Å². The van der Waals surface area contributed by atoms with Crippen LogP contribution in [0, 0.1) is 11.3 Å². The van der Waals surface area contributed by atoms with Crippen molar-refractivity contribution in [3.63, 3.8) is 0 Å². The van der Waals surface area contributed by atoms with Crippen LogP contribution in [-0.2, 0) is 22.1 Å². The van der Waals surface area contributed by atoms with Gasteiger partial charge < -0.3 is 14.9 Å². The van der Waals surface area contributed by atoms with Crippen LogP contribution >= 0.6 is 15.9 Å². The number of nitriles is 1. The number of aromatic hydroxyl groups is 2. The number of nitrogens with zero attached hydrogens (tertiary/aromatic N) is 3. The van der Waals surface area contributed by atoms with Crippen molar-refractivity contribution in [3.8, 4) is 23.5 Å². The van der Waals surface area contributed by atoms with Crippen LogP contribution in [0.4, 0.5) is 13.2 Å². The van der Waals surface area contributed by atoms with E-state index in [0.29, 0.717) is 24.2 Å². The van der Waals surface area contributed by atoms with Crippen molar-refractivity contribution in [1.82, 2.24) is 9.47 Å². The normalized spacial score (nSPS) is 24.3. The summed E-state index contributed by atoms with van der Waals surface area (Å²) >= 11 is 3.44. The predicted octanol–water partition coefficient (Wildman–Crippen LogP) is 5.51. The summed E-state index contributed by atoms with van der Waals surface area (Å²) < 4.78 is 47.8. The average molecular weight is 542 g/mol. The number of alkyl halides is 4. The van der Waals surface area contributed by atoms with Gasteiger partial charge in [0.2, 0.25) is 11.8 Å². The van der Waals surface area contributed by atoms with Crippen molar-refractivity contribution < 1.29 is 28.1 Å². The molecule has 184 valence electrons. The number of unbranched alkanes of at least 4 members (excludes halogenated alkanes) is 3. The van der Waals surface area contributed by atoms with Gasteiger partial charge in [0.05, 0.1) is 34.0 Å². The van der Waals surface area contributed by atoms with Gasteiger partial charge in [0.1, 0.15) is 11.2 Å². The lowest BCUT2D eigenvalue weighted by atomic mass is 9.94. The minimum atomic E-state index is -4.76. The number of rotatable bonds is 7. The zero-order valence-corrected chi connectivity index (χ0v) is 20.6. The van der Waals surface area contributed by atoms with E-state index in [1.165, 1.54) is 6.07 Å². The van der Waals surface area contributed by atoms with Crippen LogP contribution in [0.2, 0.25) is 0 Å². The van der Waals surface area contributed by atoms with Crippen LogP contribution < -0.4 is 0 Å². The molecule has 2 aromatic rings. The molecule has 1 aromatic heterocycles. The predicted molar refractivity (Wildman–Crippen MR) is 123 cm³/mol. The summed E-state index contributed by atoms with van der Waals surface area (Å²) in [6.45, 7) is 5.50. The fraction of sp³-hybridized carbons (Fsp3) is 0.542. The number of fused-ring (bicyclic) bond motifs is 5. The minimum Gasteiger partial charge on any atom is -0.494 e. The zero-order valence-electron chi connectivity index (χ0n) is 19.0. The Balaban J connectivity index is 1.70. The third kappa shape index (κ3) is 4.08. The van der Waals surface area contributed by atoms with Crippen molar-refractivity contribution in [2.24, 2.45) is 0 Å². The summed E-state index contributed by atoms with van der Waals surface area (Å²) in [7, 11) is 0. The highest BCUT2D eigenvalue weighted by Gasteiger charge is 2.58. The Morgan fingerprint density at radius 3 is 2.18 bits per heavy atom. The van der Waals surface area contributed by atoms with E-state index >= 15 is 0 Å². The Hall–Kier alpha value is -2.22. The van der Waals surface area contributed by atoms with E-state index in [1.54, 1.807) is 6.07 Å². The Morgan fingerprint density at radius 2 is 1.65 bits per heavy atom. The number of hydrogen-bond donors (Lipinski definition) is 2. The zero-order chi connectivity index (χ0) is 24.9. The maximum absolute atomic E-state index is 13.5. The molecule has 1 saturated heterocycles. The van der Waals surface area contributed by atoms with Gasteiger partial charge in [-0.1, -0.05) is 28.8 Å². The van der Waals surface area contributed by atoms with Crippen LogP contribution in [0.25, 0.3) is 5.69 Å². The topological polar surface area (TPSA) is 81.7 Å². The van der Waals surface area contributed by atoms with Gasteiger partial charge in [0.25, 0.3) is 0 Å². The first kappa shape index (κ1) is 24.9. The molecule has 34 heavy (non-hydrogen) atoms. The average Bonchev–Trinajstić information content (AvgIpc) is 3.12. The van der Waals surface area contributed by atoms with Gasteiger partial charge in [-0.15, -0.1) is 0 Å². The molecular weight excluding hydrogens is 515 g/mol. The van der Waals surface area contributed by atoms with Crippen molar-refractivity contribution in [1.29, 1.82) is 5.26 Å². The summed E-state index contributed by atoms with van der Waals surface area (Å²) in [6, 6.07) is 4.64. The Labute approximate surface area is 204 Å². The van der Waals surface area contributed by atoms with Gasteiger partial charge in [0, 0.05) is 18.4 Å². The minimum absolute atomic E-state index is 0.0790. The van der Waals surface area contributed by atoms with E-state index < -0.39 is 28.5 Å². The maximum atomic E-state index is 13.5. The summed E-state index contributed by atoms with van der Waals surface area (Å²) in [6.07, 6.45) is -0.364. The quantitative estimate of drug-likeness (QED) is 0.356. The molecule has 6 nitrogen and oxygen atoms in total. The molecule has 3 heterocycles. The lowest BCUT2D eigenvalue weighted by Crippen LogP contribution is -2.51. The second kappa shape index (κ2) is 8.77. The number of morpholine rings is 1. The summed E-state index contributed by atoms with van der Waals surface area (Å²) in [5, 5.41) is 32.4. The Morgan fingerprint density at radius 1 is 1.06 bits per heavy atom. The Kier molecular flexibility index (Phi) is 6.42. The first-order valence-corrected chi connectivity index (χ1v) is 12.3. The summed E-state index contributed by atoms with van der Waals surface area (Å²) in [4.78, 5) is 2.25. The fourth-order valence-electron chi connectivity index (χ4n) is 5.47. The molecule has 0 saturated carbocycles. The first-order valence-electron chi connectivity index (χ1n) is 11.2. The molecule has 2 atom stereocenters. The molecule has 2 bridgehead atoms. The second-order valence-corrected chi connectivity index (χ2v) is 10.2. The molecule has 2 N–H and O–H groups in total. The third-order valence-corrected chi connectivity index (χ3v) is 7.29. The van der Waals surface area contributed by atoms with E-state index in [2.05, 4.69) is 20.8 Å². The third-order valence-electron chi connectivity index (χ3n) is 6.72. The van der Waals surface area contributed by atoms with Crippen molar-refractivity contribution >= 4 is 15.9 Å². The lowest BCUT2D eigenvalue weighted by molar-refractivity contribution is -0.186. The molecule has 1 fully saturated rings. The molecule has 4 rings (SSSR count). The standard InChI is InChI=1S/C24H27BrF3N3O3/c1-22-13-30(10-6-4-3-5-9-25)14-23(2,34-22)19-18(22)20(32)31(21(19)33)16-8-7-15(12-29)17(11-16)24(26,27)28/h7-8,11,32-33H,3-6,9-10,13-14H2,1-2H3. The molecule has 0 aliphatic carbocycles. The highest BCUT2D eigenvalue weighted by molar-refractivity contribution is 9.09. The van der Waals surface area contributed by atoms with Gasteiger partial charge in [-0.25, -0.2) is 0 Å². The molecule has 0 radical (unpaired) electrons. The smallest absolute Gasteiger partial charge is 0.417 e. The molecule has 2 aliphatic heterocycles. The van der Waals surface area contributed by atoms with Crippen LogP contribution in [0.3, 0.4) is 0 Å². The first-order chi connectivity index (χ1) is 15.9. The van der Waals surface area contributed by atoms with Crippen molar-refractivity contribution in [3.05, 3.63) is 40.5 Å². The van der Waals surface area contributed by atoms with E-state index in [4.69, 9.17) is 10.00 Å². The van der Waals surface area contributed by atoms with Crippen LogP contribution in [0.1, 0.15) is 61.8 Å². The number of aromatic nitrogens is 1. The van der Waals surface area contributed by atoms with E-state index in [9.17, 15) is 23.4 Å². The number of halogens is 4. The molecule has 10 heteroatoms. The monoisotopic (exact) mass is 541 g/mol. The Bertz CT molecular complexity index is 1100. The van der Waals surface area contributed by atoms with Crippen molar-refractivity contribution in [2.75, 3.05) is 25.0 Å². The molecule has 2 unspecified atom stereocenters. The van der Waals surface area contributed by atoms with E-state index in [-0.39, 0.29) is 17.4 Å². The molecular formula is C24H27BrF3N3O3.